The lowest BCUT2D eigenvalue weighted by molar-refractivity contribution is -0.303. The number of nitrogens with one attached hydrogen (secondary N) is 1. The largest absolute Gasteiger partial charge is 0.394 e. The van der Waals surface area contributed by atoms with Crippen LogP contribution in [-0.4, -0.2) is 123 Å². The van der Waals surface area contributed by atoms with Crippen molar-refractivity contribution in [2.75, 3.05) is 32.8 Å². The van der Waals surface area contributed by atoms with E-state index in [1.54, 1.807) is 0 Å². The molecule has 1 unspecified atom stereocenters. The summed E-state index contributed by atoms with van der Waals surface area (Å²) in [6.07, 6.45) is 23.3. The lowest BCUT2D eigenvalue weighted by Gasteiger charge is -2.40. The number of aliphatic hydroxyl groups excluding tert-OH is 6. The first-order valence-electron chi connectivity index (χ1n) is 24.0. The van der Waals surface area contributed by atoms with Crippen LogP contribution in [0.4, 0.5) is 0 Å². The van der Waals surface area contributed by atoms with Crippen molar-refractivity contribution in [1.82, 2.24) is 10.2 Å². The van der Waals surface area contributed by atoms with Crippen molar-refractivity contribution in [3.63, 3.8) is 0 Å². The van der Waals surface area contributed by atoms with E-state index in [1.807, 2.05) is 0 Å². The summed E-state index contributed by atoms with van der Waals surface area (Å²) in [5.74, 6) is -0.258. The van der Waals surface area contributed by atoms with Crippen molar-refractivity contribution in [2.45, 2.75) is 256 Å². The predicted octanol–water partition coefficient (Wildman–Crippen LogP) is 7.68. The molecule has 1 saturated heterocycles. The highest BCUT2D eigenvalue weighted by Crippen LogP contribution is 2.23. The Morgan fingerprint density at radius 3 is 1.47 bits per heavy atom. The average molecular weight is 817 g/mol. The second-order valence-corrected chi connectivity index (χ2v) is 17.1. The second-order valence-electron chi connectivity index (χ2n) is 17.1. The summed E-state index contributed by atoms with van der Waals surface area (Å²) in [7, 11) is 0. The van der Waals surface area contributed by atoms with Crippen LogP contribution in [0, 0.1) is 0 Å². The molecule has 1 amide bonds. The highest BCUT2D eigenvalue weighted by molar-refractivity contribution is 5.76. The lowest BCUT2D eigenvalue weighted by Crippen LogP contribution is -2.60. The van der Waals surface area contributed by atoms with E-state index in [-0.39, 0.29) is 18.9 Å². The molecule has 1 heterocycles. The zero-order valence-electron chi connectivity index (χ0n) is 37.0. The highest BCUT2D eigenvalue weighted by atomic mass is 16.7. The normalized spacial score (nSPS) is 21.5. The van der Waals surface area contributed by atoms with Gasteiger partial charge < -0.3 is 50.3 Å². The Morgan fingerprint density at radius 1 is 0.596 bits per heavy atom. The Kier molecular flexibility index (Phi) is 35.1. The van der Waals surface area contributed by atoms with Gasteiger partial charge in [-0.2, -0.15) is 0 Å². The molecule has 340 valence electrons. The van der Waals surface area contributed by atoms with Gasteiger partial charge in [0.1, 0.15) is 30.5 Å². The SMILES string of the molecule is CCCCCCCCCCCCCC[C@@H](O)[C@@H](O)[C@H](CO[C@H]1OC(CO)[C@H](O)[C@H](O)[C@H]1O)NC(=O)CCCCCCCN(CCCCCCC)CCCCCCC. The third kappa shape index (κ3) is 26.8. The van der Waals surface area contributed by atoms with Gasteiger partial charge in [-0.25, -0.2) is 0 Å². The molecule has 0 aromatic rings. The molecule has 8 atom stereocenters. The molecule has 0 spiro atoms. The van der Waals surface area contributed by atoms with E-state index in [4.69, 9.17) is 9.47 Å². The number of ether oxygens (including phenoxy) is 2. The minimum absolute atomic E-state index is 0.258. The number of unbranched alkanes of at least 4 members (excludes halogenated alkanes) is 23. The fourth-order valence-corrected chi connectivity index (χ4v) is 7.91. The van der Waals surface area contributed by atoms with Gasteiger partial charge in [0.25, 0.3) is 0 Å². The molecular formula is C46H92N2O9. The summed E-state index contributed by atoms with van der Waals surface area (Å²) in [5.41, 5.74) is 0. The lowest BCUT2D eigenvalue weighted by atomic mass is 9.98. The molecule has 11 heteroatoms. The molecule has 7 N–H and O–H groups in total. The first kappa shape index (κ1) is 54.1. The Hall–Kier alpha value is -0.890. The van der Waals surface area contributed by atoms with Gasteiger partial charge in [-0.1, -0.05) is 168 Å². The summed E-state index contributed by atoms with van der Waals surface area (Å²) in [6, 6.07) is -0.993. The van der Waals surface area contributed by atoms with Crippen molar-refractivity contribution in [2.24, 2.45) is 0 Å². The summed E-state index contributed by atoms with van der Waals surface area (Å²) in [6.45, 7) is 9.38. The van der Waals surface area contributed by atoms with Crippen molar-refractivity contribution >= 4 is 5.91 Å². The third-order valence-corrected chi connectivity index (χ3v) is 11.8. The van der Waals surface area contributed by atoms with Gasteiger partial charge >= 0.3 is 0 Å². The maximum atomic E-state index is 13.1. The smallest absolute Gasteiger partial charge is 0.220 e. The van der Waals surface area contributed by atoms with Crippen LogP contribution in [0.1, 0.15) is 207 Å². The first-order chi connectivity index (χ1) is 27.7. The van der Waals surface area contributed by atoms with Crippen LogP contribution in [0.5, 0.6) is 0 Å². The van der Waals surface area contributed by atoms with E-state index in [1.165, 1.54) is 129 Å². The average Bonchev–Trinajstić information content (AvgIpc) is 3.21. The second kappa shape index (κ2) is 36.9. The molecule has 0 aromatic carbocycles. The fraction of sp³-hybridized carbons (Fsp3) is 0.978. The van der Waals surface area contributed by atoms with E-state index in [0.29, 0.717) is 12.8 Å². The minimum atomic E-state index is -1.61. The van der Waals surface area contributed by atoms with Gasteiger partial charge in [-0.15, -0.1) is 0 Å². The third-order valence-electron chi connectivity index (χ3n) is 11.8. The van der Waals surface area contributed by atoms with Crippen LogP contribution < -0.4 is 5.32 Å². The van der Waals surface area contributed by atoms with Crippen LogP contribution in [0.3, 0.4) is 0 Å². The van der Waals surface area contributed by atoms with Crippen LogP contribution in [0.2, 0.25) is 0 Å². The molecule has 1 aliphatic heterocycles. The number of carbonyl (C=O) groups excluding carboxylic acids is 1. The first-order valence-corrected chi connectivity index (χ1v) is 24.0. The van der Waals surface area contributed by atoms with Crippen molar-refractivity contribution in [3.05, 3.63) is 0 Å². The van der Waals surface area contributed by atoms with Crippen molar-refractivity contribution in [3.8, 4) is 0 Å². The Labute approximate surface area is 349 Å². The molecule has 11 nitrogen and oxygen atoms in total. The Morgan fingerprint density at radius 2 is 1.02 bits per heavy atom. The van der Waals surface area contributed by atoms with Gasteiger partial charge in [0.05, 0.1) is 25.4 Å². The molecule has 0 radical (unpaired) electrons. The number of amides is 1. The standard InChI is InChI=1S/C46H92N2O9/c1-4-7-10-13-14-15-16-17-18-19-21-26-31-39(50)42(52)38(37-56-46-45(55)44(54)43(53)40(36-49)57-46)47-41(51)32-27-22-20-25-30-35-48(33-28-23-11-8-5-2)34-29-24-12-9-6-3/h38-40,42-46,49-50,52-55H,4-37H2,1-3H3,(H,47,51)/t38-,39+,40?,42-,43-,44-,45+,46-/m0/s1. The predicted molar refractivity (Wildman–Crippen MR) is 231 cm³/mol. The minimum Gasteiger partial charge on any atom is -0.394 e. The number of carbonyl (C=O) groups is 1. The van der Waals surface area contributed by atoms with Crippen molar-refractivity contribution < 1.29 is 44.9 Å². The number of hydrogen-bond acceptors (Lipinski definition) is 10. The van der Waals surface area contributed by atoms with Gasteiger partial charge in [0.2, 0.25) is 5.91 Å². The van der Waals surface area contributed by atoms with Gasteiger partial charge in [0, 0.05) is 6.42 Å². The molecule has 0 saturated carbocycles. The van der Waals surface area contributed by atoms with Crippen LogP contribution in [-0.2, 0) is 14.3 Å². The Bertz CT molecular complexity index is 886. The molecule has 0 aromatic heterocycles. The van der Waals surface area contributed by atoms with Gasteiger partial charge in [0.15, 0.2) is 6.29 Å². The zero-order valence-corrected chi connectivity index (χ0v) is 37.0. The van der Waals surface area contributed by atoms with Crippen LogP contribution in [0.15, 0.2) is 0 Å². The summed E-state index contributed by atoms with van der Waals surface area (Å²) in [5, 5.41) is 65.4. The molecule has 0 bridgehead atoms. The van der Waals surface area contributed by atoms with E-state index < -0.39 is 55.6 Å². The quantitative estimate of drug-likeness (QED) is 0.0304. The maximum absolute atomic E-state index is 13.1. The van der Waals surface area contributed by atoms with E-state index in [9.17, 15) is 35.4 Å². The van der Waals surface area contributed by atoms with E-state index in [0.717, 1.165) is 57.9 Å². The van der Waals surface area contributed by atoms with Crippen LogP contribution >= 0.6 is 0 Å². The molecule has 57 heavy (non-hydrogen) atoms. The molecule has 1 aliphatic rings. The summed E-state index contributed by atoms with van der Waals surface area (Å²) in [4.78, 5) is 15.8. The topological polar surface area (TPSA) is 172 Å². The molecule has 1 fully saturated rings. The Balaban J connectivity index is 2.55. The van der Waals surface area contributed by atoms with Gasteiger partial charge in [-0.3, -0.25) is 4.79 Å². The van der Waals surface area contributed by atoms with Crippen molar-refractivity contribution in [1.29, 1.82) is 0 Å². The zero-order chi connectivity index (χ0) is 41.9. The number of hydrogen-bond donors (Lipinski definition) is 7. The highest BCUT2D eigenvalue weighted by Gasteiger charge is 2.44. The summed E-state index contributed by atoms with van der Waals surface area (Å²) < 4.78 is 11.2. The van der Waals surface area contributed by atoms with E-state index in [2.05, 4.69) is 31.0 Å². The summed E-state index contributed by atoms with van der Waals surface area (Å²) >= 11 is 0. The molecule has 1 rings (SSSR count). The maximum Gasteiger partial charge on any atom is 0.220 e. The molecule has 0 aliphatic carbocycles. The number of rotatable bonds is 40. The monoisotopic (exact) mass is 817 g/mol. The number of aliphatic hydroxyl groups is 6. The molecular weight excluding hydrogens is 725 g/mol. The van der Waals surface area contributed by atoms with Gasteiger partial charge in [-0.05, 0) is 51.7 Å². The fourth-order valence-electron chi connectivity index (χ4n) is 7.91. The van der Waals surface area contributed by atoms with Crippen LogP contribution in [0.25, 0.3) is 0 Å². The number of nitrogens with zero attached hydrogens (tertiary/aromatic N) is 1. The van der Waals surface area contributed by atoms with E-state index >= 15 is 0 Å².